The maximum absolute atomic E-state index is 10.7. The zero-order valence-corrected chi connectivity index (χ0v) is 18.2. The quantitative estimate of drug-likeness (QED) is 0.186. The van der Waals surface area contributed by atoms with Crippen molar-refractivity contribution >= 4 is 53.5 Å². The van der Waals surface area contributed by atoms with Gasteiger partial charge < -0.3 is 0 Å². The van der Waals surface area contributed by atoms with Gasteiger partial charge >= 0.3 is 33.0 Å². The second-order valence-electron chi connectivity index (χ2n) is 5.63. The molecule has 3 aromatic rings. The SMILES string of the molecule is Clc1ccc([S+](c2ccc(Cl)cc2)c2ccc(Cl)cc2)cc1.F[P-](F)(F)(F)(F)F. The summed E-state index contributed by atoms with van der Waals surface area (Å²) in [5, 5.41) is 2.21. The Labute approximate surface area is 181 Å². The molecule has 0 atom stereocenters. The molecule has 0 unspecified atom stereocenters. The molecule has 0 nitrogen and oxygen atoms in total. The van der Waals surface area contributed by atoms with Crippen molar-refractivity contribution in [3.05, 3.63) is 87.9 Å². The topological polar surface area (TPSA) is 0 Å². The summed E-state index contributed by atoms with van der Waals surface area (Å²) in [6.45, 7) is 0. The van der Waals surface area contributed by atoms with Crippen LogP contribution < -0.4 is 0 Å². The van der Waals surface area contributed by atoms with Crippen molar-refractivity contribution in [3.63, 3.8) is 0 Å². The van der Waals surface area contributed by atoms with Gasteiger partial charge in [0.05, 0.1) is 10.9 Å². The Morgan fingerprint density at radius 2 is 0.621 bits per heavy atom. The Hall–Kier alpha value is -1.11. The summed E-state index contributed by atoms with van der Waals surface area (Å²) in [6.07, 6.45) is 0. The Morgan fingerprint density at radius 3 is 0.793 bits per heavy atom. The molecule has 158 valence electrons. The number of hydrogen-bond acceptors (Lipinski definition) is 0. The van der Waals surface area contributed by atoms with Gasteiger partial charge in [0, 0.05) is 15.1 Å². The Bertz CT molecular complexity index is 841. The van der Waals surface area contributed by atoms with Crippen LogP contribution in [-0.4, -0.2) is 0 Å². The summed E-state index contributed by atoms with van der Waals surface area (Å²) in [4.78, 5) is 3.61. The standard InChI is InChI=1S/C18H12Cl3S.F6P/c19-13-1-7-16(8-2-13)22(17-9-3-14(20)4-10-17)18-11-5-15(21)6-12-18;1-7(2,3,4,5)6/h1-12H;/q+1;-1. The van der Waals surface area contributed by atoms with E-state index in [1.165, 1.54) is 14.7 Å². The normalized spacial score (nSPS) is 13.9. The Morgan fingerprint density at radius 1 is 0.448 bits per heavy atom. The fourth-order valence-corrected chi connectivity index (χ4v) is 4.54. The van der Waals surface area contributed by atoms with Gasteiger partial charge in [0.2, 0.25) is 0 Å². The van der Waals surface area contributed by atoms with E-state index in [0.717, 1.165) is 15.1 Å². The third kappa shape index (κ3) is 9.96. The molecule has 0 saturated heterocycles. The molecule has 0 bridgehead atoms. The van der Waals surface area contributed by atoms with Crippen molar-refractivity contribution in [2.24, 2.45) is 0 Å². The van der Waals surface area contributed by atoms with Gasteiger partial charge in [-0.25, -0.2) is 0 Å². The molecule has 0 aliphatic rings. The molecule has 3 aromatic carbocycles. The van der Waals surface area contributed by atoms with Crippen molar-refractivity contribution in [1.82, 2.24) is 0 Å². The third-order valence-corrected chi connectivity index (χ3v) is 6.13. The minimum absolute atomic E-state index is 0.215. The van der Waals surface area contributed by atoms with Crippen LogP contribution >= 0.6 is 42.6 Å². The molecule has 0 saturated carbocycles. The average molecular weight is 512 g/mol. The summed E-state index contributed by atoms with van der Waals surface area (Å²) >= 11 is 18.1. The first-order valence-electron chi connectivity index (χ1n) is 7.66. The van der Waals surface area contributed by atoms with Gasteiger partial charge in [-0.15, -0.1) is 0 Å². The number of hydrogen-bond donors (Lipinski definition) is 0. The molecule has 0 aliphatic carbocycles. The van der Waals surface area contributed by atoms with E-state index in [1.807, 2.05) is 36.4 Å². The third-order valence-electron chi connectivity index (χ3n) is 3.15. The number of rotatable bonds is 3. The molecule has 0 aliphatic heterocycles. The predicted molar refractivity (Wildman–Crippen MR) is 110 cm³/mol. The van der Waals surface area contributed by atoms with E-state index in [9.17, 15) is 25.2 Å². The Balaban J connectivity index is 0.000000370. The molecule has 0 radical (unpaired) electrons. The summed E-state index contributed by atoms with van der Waals surface area (Å²) < 4.78 is 59.2. The van der Waals surface area contributed by atoms with E-state index >= 15 is 0 Å². The van der Waals surface area contributed by atoms with Gasteiger partial charge in [0.25, 0.3) is 0 Å². The molecule has 11 heteroatoms. The first kappa shape index (κ1) is 24.2. The molecular weight excluding hydrogens is 500 g/mol. The van der Waals surface area contributed by atoms with Crippen LogP contribution in [0, 0.1) is 0 Å². The van der Waals surface area contributed by atoms with E-state index in [1.54, 1.807) is 0 Å². The van der Waals surface area contributed by atoms with Crippen LogP contribution in [0.4, 0.5) is 25.2 Å². The zero-order chi connectivity index (χ0) is 21.9. The van der Waals surface area contributed by atoms with Crippen molar-refractivity contribution in [2.75, 3.05) is 0 Å². The van der Waals surface area contributed by atoms with E-state index in [0.29, 0.717) is 0 Å². The van der Waals surface area contributed by atoms with Crippen molar-refractivity contribution in [1.29, 1.82) is 0 Å². The monoisotopic (exact) mass is 510 g/mol. The van der Waals surface area contributed by atoms with Crippen LogP contribution in [0.1, 0.15) is 0 Å². The maximum atomic E-state index is 9.87. The molecular formula is C18H12Cl3F6PS. The van der Waals surface area contributed by atoms with E-state index < -0.39 is 7.81 Å². The van der Waals surface area contributed by atoms with Gasteiger partial charge in [-0.2, -0.15) is 0 Å². The molecule has 0 aromatic heterocycles. The Kier molecular flexibility index (Phi) is 6.83. The number of benzene rings is 3. The molecule has 0 N–H and O–H groups in total. The average Bonchev–Trinajstić information content (AvgIpc) is 2.57. The van der Waals surface area contributed by atoms with E-state index in [4.69, 9.17) is 34.8 Å². The summed E-state index contributed by atoms with van der Waals surface area (Å²) in [5.74, 6) is 0. The fourth-order valence-electron chi connectivity index (χ4n) is 2.12. The van der Waals surface area contributed by atoms with Gasteiger partial charge in [0.1, 0.15) is 0 Å². The van der Waals surface area contributed by atoms with E-state index in [2.05, 4.69) is 36.4 Å². The van der Waals surface area contributed by atoms with Gasteiger partial charge in [-0.1, -0.05) is 34.8 Å². The van der Waals surface area contributed by atoms with Crippen LogP contribution in [0.2, 0.25) is 15.1 Å². The first-order valence-corrected chi connectivity index (χ1v) is 12.0. The van der Waals surface area contributed by atoms with Crippen LogP contribution in [0.25, 0.3) is 0 Å². The summed E-state index contributed by atoms with van der Waals surface area (Å²) in [7, 11) is -10.9. The van der Waals surface area contributed by atoms with E-state index in [-0.39, 0.29) is 10.9 Å². The van der Waals surface area contributed by atoms with Gasteiger partial charge in [-0.05, 0) is 72.8 Å². The van der Waals surface area contributed by atoms with Crippen LogP contribution in [0.15, 0.2) is 87.5 Å². The second-order valence-corrected chi connectivity index (χ2v) is 10.9. The molecule has 0 fully saturated rings. The van der Waals surface area contributed by atoms with Crippen LogP contribution in [-0.2, 0) is 10.9 Å². The molecule has 0 spiro atoms. The van der Waals surface area contributed by atoms with Crippen LogP contribution in [0.5, 0.6) is 0 Å². The molecule has 0 amide bonds. The molecule has 3 rings (SSSR count). The van der Waals surface area contributed by atoms with Gasteiger partial charge in [0.15, 0.2) is 14.7 Å². The minimum atomic E-state index is -10.7. The van der Waals surface area contributed by atoms with Crippen LogP contribution in [0.3, 0.4) is 0 Å². The van der Waals surface area contributed by atoms with Gasteiger partial charge in [-0.3, -0.25) is 0 Å². The summed E-state index contributed by atoms with van der Waals surface area (Å²) in [5.41, 5.74) is 0. The molecule has 29 heavy (non-hydrogen) atoms. The number of halogens is 9. The van der Waals surface area contributed by atoms with Crippen molar-refractivity contribution in [3.8, 4) is 0 Å². The summed E-state index contributed by atoms with van der Waals surface area (Å²) in [6, 6.07) is 23.9. The van der Waals surface area contributed by atoms with Crippen molar-refractivity contribution < 1.29 is 25.2 Å². The van der Waals surface area contributed by atoms with Crippen molar-refractivity contribution in [2.45, 2.75) is 14.7 Å². The molecule has 0 heterocycles. The second kappa shape index (κ2) is 8.20. The first-order chi connectivity index (χ1) is 13.1. The fraction of sp³-hybridized carbons (Fsp3) is 0. The zero-order valence-electron chi connectivity index (χ0n) is 14.2. The predicted octanol–water partition coefficient (Wildman–Crippen LogP) is 10.1.